The molecule has 0 aliphatic carbocycles. The van der Waals surface area contributed by atoms with Gasteiger partial charge in [0.25, 0.3) is 0 Å². The molecule has 0 aromatic rings. The van der Waals surface area contributed by atoms with Crippen LogP contribution in [0.2, 0.25) is 0 Å². The first kappa shape index (κ1) is 43.5. The Morgan fingerprint density at radius 3 is 1.78 bits per heavy atom. The molecule has 3 N–H and O–H groups in total. The summed E-state index contributed by atoms with van der Waals surface area (Å²) in [5.41, 5.74) is 0. The molecule has 0 rings (SSSR count). The van der Waals surface area contributed by atoms with Gasteiger partial charge in [0.1, 0.15) is 12.7 Å². The van der Waals surface area contributed by atoms with E-state index in [0.717, 1.165) is 25.7 Å². The van der Waals surface area contributed by atoms with Crippen molar-refractivity contribution in [3.8, 4) is 0 Å². The van der Waals surface area contributed by atoms with Crippen LogP contribution in [0, 0.1) is 0 Å². The Kier molecular flexibility index (Phi) is 31.3. The summed E-state index contributed by atoms with van der Waals surface area (Å²) in [5, 5.41) is 12.4. The number of aliphatic hydroxyl groups excluding tert-OH is 1. The number of esters is 1. The fraction of sp³-hybridized carbons (Fsp3) is 0.829. The molecular formula is C35H66NO8P. The van der Waals surface area contributed by atoms with Crippen molar-refractivity contribution in [3.63, 3.8) is 0 Å². The molecule has 1 amide bonds. The highest BCUT2D eigenvalue weighted by atomic mass is 31.2. The zero-order valence-corrected chi connectivity index (χ0v) is 29.5. The Morgan fingerprint density at radius 2 is 1.22 bits per heavy atom. The maximum Gasteiger partial charge on any atom is 0.472 e. The predicted molar refractivity (Wildman–Crippen MR) is 183 cm³/mol. The van der Waals surface area contributed by atoms with Gasteiger partial charge < -0.3 is 20.1 Å². The van der Waals surface area contributed by atoms with Crippen LogP contribution in [-0.2, 0) is 27.9 Å². The lowest BCUT2D eigenvalue weighted by Crippen LogP contribution is -2.27. The predicted octanol–water partition coefficient (Wildman–Crippen LogP) is 8.87. The minimum absolute atomic E-state index is 0.0820. The number of carbonyl (C=O) groups is 2. The van der Waals surface area contributed by atoms with Crippen molar-refractivity contribution in [2.75, 3.05) is 26.4 Å². The van der Waals surface area contributed by atoms with Crippen molar-refractivity contribution in [3.05, 3.63) is 24.3 Å². The number of allylic oxidation sites excluding steroid dienone is 4. The summed E-state index contributed by atoms with van der Waals surface area (Å²) in [7, 11) is -4.38. The molecule has 2 atom stereocenters. The molecule has 0 aliphatic heterocycles. The smallest absolute Gasteiger partial charge is 0.463 e. The number of ether oxygens (including phenoxy) is 1. The van der Waals surface area contributed by atoms with Crippen LogP contribution >= 0.6 is 7.82 Å². The van der Waals surface area contributed by atoms with Gasteiger partial charge >= 0.3 is 13.8 Å². The molecule has 0 fully saturated rings. The zero-order chi connectivity index (χ0) is 33.3. The quantitative estimate of drug-likeness (QED) is 0.0276. The van der Waals surface area contributed by atoms with Gasteiger partial charge in [0.05, 0.1) is 13.2 Å². The Morgan fingerprint density at radius 1 is 0.689 bits per heavy atom. The summed E-state index contributed by atoms with van der Waals surface area (Å²) in [4.78, 5) is 32.9. The molecule has 0 bridgehead atoms. The minimum Gasteiger partial charge on any atom is -0.463 e. The number of unbranched alkanes of at least 4 members (excludes halogenated alkanes) is 16. The van der Waals surface area contributed by atoms with Crippen LogP contribution in [0.5, 0.6) is 0 Å². The number of amides is 1. The molecule has 0 radical (unpaired) electrons. The van der Waals surface area contributed by atoms with Gasteiger partial charge in [-0.15, -0.1) is 0 Å². The Hall–Kier alpha value is -1.51. The van der Waals surface area contributed by atoms with E-state index in [1.807, 2.05) is 6.92 Å². The number of hydrogen-bond donors (Lipinski definition) is 3. The molecule has 0 saturated heterocycles. The van der Waals surface area contributed by atoms with E-state index < -0.39 is 26.5 Å². The van der Waals surface area contributed by atoms with E-state index in [2.05, 4.69) is 36.5 Å². The number of rotatable bonds is 33. The van der Waals surface area contributed by atoms with E-state index in [1.165, 1.54) is 96.3 Å². The van der Waals surface area contributed by atoms with Crippen LogP contribution in [0.25, 0.3) is 0 Å². The van der Waals surface area contributed by atoms with E-state index in [4.69, 9.17) is 13.8 Å². The summed E-state index contributed by atoms with van der Waals surface area (Å²) in [6.07, 6.45) is 32.9. The molecule has 0 aliphatic rings. The van der Waals surface area contributed by atoms with Gasteiger partial charge in [0.2, 0.25) is 5.91 Å². The second kappa shape index (κ2) is 32.4. The standard InChI is InChI=1S/C35H66NO8P/c1-3-5-6-7-8-9-10-11-12-13-14-15-16-17-18-19-20-21-22-23-24-25-26-28-34(38)36-29-30-43-45(40,41)44-32-33(37)31-42-35(39)27-4-2/h8-9,11-12,33,37H,3-7,10,13-32H2,1-2H3,(H,36,38)(H,40,41)/b9-8-,12-11-. The Balaban J connectivity index is 3.45. The highest BCUT2D eigenvalue weighted by Gasteiger charge is 2.23. The molecule has 264 valence electrons. The molecule has 0 aromatic carbocycles. The summed E-state index contributed by atoms with van der Waals surface area (Å²) in [6.45, 7) is 3.11. The molecular weight excluding hydrogens is 593 g/mol. The minimum atomic E-state index is -4.38. The first-order valence-corrected chi connectivity index (χ1v) is 19.3. The summed E-state index contributed by atoms with van der Waals surface area (Å²) < 4.78 is 26.2. The van der Waals surface area contributed by atoms with Crippen LogP contribution in [-0.4, -0.2) is 54.3 Å². The van der Waals surface area contributed by atoms with Crippen LogP contribution < -0.4 is 5.32 Å². The van der Waals surface area contributed by atoms with Crippen molar-refractivity contribution >= 4 is 19.7 Å². The molecule has 9 nitrogen and oxygen atoms in total. The summed E-state index contributed by atoms with van der Waals surface area (Å²) in [6, 6.07) is 0. The summed E-state index contributed by atoms with van der Waals surface area (Å²) in [5.74, 6) is -0.571. The van der Waals surface area contributed by atoms with Gasteiger partial charge in [-0.05, 0) is 44.9 Å². The third-order valence-electron chi connectivity index (χ3n) is 7.35. The summed E-state index contributed by atoms with van der Waals surface area (Å²) >= 11 is 0. The third kappa shape index (κ3) is 33.7. The van der Waals surface area contributed by atoms with E-state index in [9.17, 15) is 24.2 Å². The highest BCUT2D eigenvalue weighted by molar-refractivity contribution is 7.47. The Labute approximate surface area is 274 Å². The number of nitrogens with one attached hydrogen (secondary N) is 1. The topological polar surface area (TPSA) is 131 Å². The van der Waals surface area contributed by atoms with E-state index in [0.29, 0.717) is 12.8 Å². The molecule has 0 spiro atoms. The van der Waals surface area contributed by atoms with Crippen LogP contribution in [0.4, 0.5) is 0 Å². The third-order valence-corrected chi connectivity index (χ3v) is 8.34. The lowest BCUT2D eigenvalue weighted by atomic mass is 10.0. The fourth-order valence-electron chi connectivity index (χ4n) is 4.68. The lowest BCUT2D eigenvalue weighted by Gasteiger charge is -2.15. The van der Waals surface area contributed by atoms with E-state index >= 15 is 0 Å². The fourth-order valence-corrected chi connectivity index (χ4v) is 5.44. The van der Waals surface area contributed by atoms with Crippen LogP contribution in [0.3, 0.4) is 0 Å². The first-order chi connectivity index (χ1) is 21.8. The normalized spacial score (nSPS) is 13.8. The lowest BCUT2D eigenvalue weighted by molar-refractivity contribution is -0.147. The maximum atomic E-state index is 12.0. The molecule has 45 heavy (non-hydrogen) atoms. The molecule has 0 aromatic heterocycles. The van der Waals surface area contributed by atoms with Crippen molar-refractivity contribution in [1.29, 1.82) is 0 Å². The van der Waals surface area contributed by atoms with Gasteiger partial charge in [0.15, 0.2) is 0 Å². The Bertz CT molecular complexity index is 805. The van der Waals surface area contributed by atoms with Gasteiger partial charge in [-0.1, -0.05) is 122 Å². The van der Waals surface area contributed by atoms with Crippen molar-refractivity contribution in [2.24, 2.45) is 0 Å². The number of hydrogen-bond acceptors (Lipinski definition) is 7. The van der Waals surface area contributed by atoms with Crippen molar-refractivity contribution in [1.82, 2.24) is 5.32 Å². The van der Waals surface area contributed by atoms with E-state index in [1.54, 1.807) is 0 Å². The highest BCUT2D eigenvalue weighted by Crippen LogP contribution is 2.42. The second-order valence-electron chi connectivity index (χ2n) is 11.8. The number of aliphatic hydroxyl groups is 1. The SMILES string of the molecule is CCCCC/C=C\C/C=C\CCCCCCCCCCCCCCCC(=O)NCCOP(=O)(O)OCC(O)COC(=O)CCC. The van der Waals surface area contributed by atoms with Crippen molar-refractivity contribution in [2.45, 2.75) is 161 Å². The molecule has 0 saturated carbocycles. The monoisotopic (exact) mass is 659 g/mol. The number of phosphoric ester groups is 1. The van der Waals surface area contributed by atoms with Gasteiger partial charge in [0, 0.05) is 19.4 Å². The van der Waals surface area contributed by atoms with Crippen LogP contribution in [0.1, 0.15) is 155 Å². The molecule has 2 unspecified atom stereocenters. The van der Waals surface area contributed by atoms with Gasteiger partial charge in [-0.2, -0.15) is 0 Å². The average Bonchev–Trinajstić information content (AvgIpc) is 3.01. The average molecular weight is 660 g/mol. The van der Waals surface area contributed by atoms with Crippen LogP contribution in [0.15, 0.2) is 24.3 Å². The van der Waals surface area contributed by atoms with Crippen molar-refractivity contribution < 1.29 is 37.9 Å². The molecule has 0 heterocycles. The van der Waals surface area contributed by atoms with Gasteiger partial charge in [-0.3, -0.25) is 18.6 Å². The van der Waals surface area contributed by atoms with E-state index in [-0.39, 0.29) is 32.1 Å². The molecule has 10 heteroatoms. The largest absolute Gasteiger partial charge is 0.472 e. The maximum absolute atomic E-state index is 12.0. The second-order valence-corrected chi connectivity index (χ2v) is 13.3. The number of phosphoric acid groups is 1. The first-order valence-electron chi connectivity index (χ1n) is 17.8. The zero-order valence-electron chi connectivity index (χ0n) is 28.6. The van der Waals surface area contributed by atoms with Gasteiger partial charge in [-0.25, -0.2) is 4.57 Å². The number of carbonyl (C=O) groups excluding carboxylic acids is 2.